The van der Waals surface area contributed by atoms with Crippen LogP contribution in [-0.4, -0.2) is 42.2 Å². The quantitative estimate of drug-likeness (QED) is 0.358. The first kappa shape index (κ1) is 23.8. The van der Waals surface area contributed by atoms with E-state index in [1.54, 1.807) is 24.3 Å². The van der Waals surface area contributed by atoms with Gasteiger partial charge in [-0.25, -0.2) is 4.79 Å². The second-order valence-corrected chi connectivity index (χ2v) is 7.16. The summed E-state index contributed by atoms with van der Waals surface area (Å²) in [6.45, 7) is 9.07. The van der Waals surface area contributed by atoms with Gasteiger partial charge in [0.1, 0.15) is 11.3 Å². The zero-order chi connectivity index (χ0) is 19.9. The molecule has 5 nitrogen and oxygen atoms in total. The minimum absolute atomic E-state index is 0. The molecule has 0 amide bonds. The van der Waals surface area contributed by atoms with Gasteiger partial charge in [-0.1, -0.05) is 19.1 Å². The van der Waals surface area contributed by atoms with Gasteiger partial charge in [-0.3, -0.25) is 0 Å². The number of esters is 1. The number of hydrogen-bond acceptors (Lipinski definition) is 5. The molecule has 0 unspecified atom stereocenters. The molecule has 3 rings (SSSR count). The molecule has 0 saturated carbocycles. The topological polar surface area (TPSA) is 59.0 Å². The van der Waals surface area contributed by atoms with Gasteiger partial charge in [0, 0.05) is 12.3 Å². The van der Waals surface area contributed by atoms with Gasteiger partial charge in [0.05, 0.1) is 6.10 Å². The Morgan fingerprint density at radius 3 is 2.59 bits per heavy atom. The van der Waals surface area contributed by atoms with Crippen molar-refractivity contribution in [1.29, 1.82) is 0 Å². The molecular formula is C23H27NO4U. The van der Waals surface area contributed by atoms with Gasteiger partial charge < -0.3 is 26.4 Å². The van der Waals surface area contributed by atoms with Crippen molar-refractivity contribution in [2.45, 2.75) is 25.9 Å². The number of benzene rings is 2. The number of likely N-dealkylation sites (tertiary alicyclic amines) is 1. The van der Waals surface area contributed by atoms with E-state index in [1.165, 1.54) is 18.9 Å². The Balaban J connectivity index is 0.00000300. The van der Waals surface area contributed by atoms with Crippen LogP contribution in [0.25, 0.3) is 0 Å². The molecule has 1 aliphatic rings. The SMILES string of the molecule is [CH2-]COc1[c-]cc([C@@H](OC(=O)c2ccccc2O)[C@H](C)CN2CCCC2)cc1.[U+2]. The summed E-state index contributed by atoms with van der Waals surface area (Å²) in [4.78, 5) is 15.1. The molecule has 2 aromatic rings. The summed E-state index contributed by atoms with van der Waals surface area (Å²) in [5.74, 6) is 0.0799. The Bertz CT molecular complexity index is 775. The minimum Gasteiger partial charge on any atom is -0.551 e. The average Bonchev–Trinajstić information content (AvgIpc) is 3.20. The summed E-state index contributed by atoms with van der Waals surface area (Å²) < 4.78 is 11.2. The van der Waals surface area contributed by atoms with Crippen LogP contribution < -0.4 is 4.74 Å². The largest absolute Gasteiger partial charge is 2.00 e. The predicted octanol–water partition coefficient (Wildman–Crippen LogP) is 4.04. The van der Waals surface area contributed by atoms with Gasteiger partial charge >= 0.3 is 37.1 Å². The Hall–Kier alpha value is -1.48. The van der Waals surface area contributed by atoms with Crippen molar-refractivity contribution in [2.24, 2.45) is 5.92 Å². The van der Waals surface area contributed by atoms with Crippen LogP contribution in [0.1, 0.15) is 41.8 Å². The van der Waals surface area contributed by atoms with Gasteiger partial charge in [0.15, 0.2) is 0 Å². The number of rotatable bonds is 8. The van der Waals surface area contributed by atoms with E-state index < -0.39 is 12.1 Å². The number of aromatic hydroxyl groups is 1. The van der Waals surface area contributed by atoms with E-state index in [4.69, 9.17) is 9.47 Å². The molecule has 0 aliphatic carbocycles. The van der Waals surface area contributed by atoms with Crippen molar-refractivity contribution in [3.05, 3.63) is 66.6 Å². The van der Waals surface area contributed by atoms with Crippen LogP contribution >= 0.6 is 0 Å². The van der Waals surface area contributed by atoms with E-state index in [-0.39, 0.29) is 48.3 Å². The smallest absolute Gasteiger partial charge is 0.551 e. The maximum atomic E-state index is 12.7. The molecule has 0 radical (unpaired) electrons. The monoisotopic (exact) mass is 619 g/mol. The van der Waals surface area contributed by atoms with Gasteiger partial charge in [-0.15, -0.1) is 17.7 Å². The molecule has 0 aromatic heterocycles. The normalized spacial score (nSPS) is 15.9. The van der Waals surface area contributed by atoms with Gasteiger partial charge in [0.2, 0.25) is 0 Å². The van der Waals surface area contributed by atoms with Crippen LogP contribution in [0, 0.1) is 50.0 Å². The molecule has 1 heterocycles. The Labute approximate surface area is 196 Å². The molecular weight excluding hydrogens is 592 g/mol. The third-order valence-corrected chi connectivity index (χ3v) is 5.01. The fraction of sp³-hybridized carbons (Fsp3) is 0.391. The molecule has 29 heavy (non-hydrogen) atoms. The third kappa shape index (κ3) is 6.50. The second kappa shape index (κ2) is 11.6. The van der Waals surface area contributed by atoms with E-state index in [0.717, 1.165) is 25.2 Å². The summed E-state index contributed by atoms with van der Waals surface area (Å²) in [5.41, 5.74) is 1.02. The van der Waals surface area contributed by atoms with E-state index in [1.807, 2.05) is 12.1 Å². The van der Waals surface area contributed by atoms with Crippen LogP contribution in [0.3, 0.4) is 0 Å². The number of hydrogen-bond donors (Lipinski definition) is 1. The summed E-state index contributed by atoms with van der Waals surface area (Å²) in [5, 5.41) is 9.99. The van der Waals surface area contributed by atoms with Crippen LogP contribution in [0.2, 0.25) is 0 Å². The van der Waals surface area contributed by atoms with Crippen molar-refractivity contribution >= 4 is 5.97 Å². The van der Waals surface area contributed by atoms with Gasteiger partial charge in [0.25, 0.3) is 0 Å². The van der Waals surface area contributed by atoms with Crippen molar-refractivity contribution in [1.82, 2.24) is 4.90 Å². The number of ether oxygens (including phenoxy) is 2. The van der Waals surface area contributed by atoms with Crippen molar-refractivity contribution in [3.63, 3.8) is 0 Å². The number of nitrogens with zero attached hydrogens (tertiary/aromatic N) is 1. The maximum Gasteiger partial charge on any atom is 2.00 e. The fourth-order valence-corrected chi connectivity index (χ4v) is 3.61. The molecule has 2 aromatic carbocycles. The number of phenolic OH excluding ortho intramolecular Hbond substituents is 1. The van der Waals surface area contributed by atoms with Gasteiger partial charge in [-0.05, 0) is 50.6 Å². The molecule has 2 atom stereocenters. The molecule has 1 aliphatic heterocycles. The Morgan fingerprint density at radius 2 is 1.97 bits per heavy atom. The van der Waals surface area contributed by atoms with Crippen LogP contribution in [0.4, 0.5) is 0 Å². The van der Waals surface area contributed by atoms with E-state index in [0.29, 0.717) is 12.4 Å². The molecule has 0 bridgehead atoms. The number of para-hydroxylation sites is 1. The number of carbonyl (C=O) groups excluding carboxylic acids is 1. The third-order valence-electron chi connectivity index (χ3n) is 5.01. The molecule has 1 fully saturated rings. The first-order chi connectivity index (χ1) is 13.6. The average molecular weight is 620 g/mol. The zero-order valence-corrected chi connectivity index (χ0v) is 20.9. The van der Waals surface area contributed by atoms with E-state index in [9.17, 15) is 9.90 Å². The first-order valence-electron chi connectivity index (χ1n) is 9.73. The molecule has 1 N–H and O–H groups in total. The summed E-state index contributed by atoms with van der Waals surface area (Å²) in [7, 11) is 0. The van der Waals surface area contributed by atoms with Crippen molar-refractivity contribution in [2.75, 3.05) is 26.2 Å². The standard InChI is InChI=1S/C23H27NO4.U/c1-3-27-19-12-10-18(11-13-19)22(17(2)16-24-14-6-7-15-24)28-23(26)20-8-4-5-9-21(20)25;/h4-5,8-12,17,22,25H,1,3,6-7,14-16H2,2H3;/q-2;+2/t17-,22+;/m1./s1. The molecule has 0 spiro atoms. The predicted molar refractivity (Wildman–Crippen MR) is 107 cm³/mol. The number of carbonyl (C=O) groups is 1. The van der Waals surface area contributed by atoms with E-state index >= 15 is 0 Å². The molecule has 1 saturated heterocycles. The minimum atomic E-state index is -0.533. The van der Waals surface area contributed by atoms with Gasteiger partial charge in [-0.2, -0.15) is 12.1 Å². The summed E-state index contributed by atoms with van der Waals surface area (Å²) >= 11 is 0. The van der Waals surface area contributed by atoms with Crippen LogP contribution in [0.15, 0.2) is 42.5 Å². The van der Waals surface area contributed by atoms with Crippen molar-refractivity contribution < 1.29 is 50.5 Å². The van der Waals surface area contributed by atoms with E-state index in [2.05, 4.69) is 24.8 Å². The summed E-state index contributed by atoms with van der Waals surface area (Å²) in [6.07, 6.45) is 1.97. The fourth-order valence-electron chi connectivity index (χ4n) is 3.61. The van der Waals surface area contributed by atoms with Crippen LogP contribution in [0.5, 0.6) is 11.5 Å². The molecule has 152 valence electrons. The maximum absolute atomic E-state index is 12.7. The van der Waals surface area contributed by atoms with Crippen LogP contribution in [-0.2, 0) is 4.74 Å². The Morgan fingerprint density at radius 1 is 1.24 bits per heavy atom. The van der Waals surface area contributed by atoms with Crippen molar-refractivity contribution in [3.8, 4) is 11.5 Å². The Kier molecular flexibility index (Phi) is 9.55. The number of phenols is 1. The summed E-state index contributed by atoms with van der Waals surface area (Å²) in [6, 6.07) is 15.0. The second-order valence-electron chi connectivity index (χ2n) is 7.16. The molecule has 6 heteroatoms. The first-order valence-corrected chi connectivity index (χ1v) is 9.73. The zero-order valence-electron chi connectivity index (χ0n) is 16.8.